The second kappa shape index (κ2) is 9.09. The van der Waals surface area contributed by atoms with Crippen molar-refractivity contribution in [3.05, 3.63) is 69.7 Å². The van der Waals surface area contributed by atoms with Gasteiger partial charge < -0.3 is 10.1 Å². The second-order valence-corrected chi connectivity index (χ2v) is 7.87. The van der Waals surface area contributed by atoms with E-state index in [0.29, 0.717) is 0 Å². The first-order valence-corrected chi connectivity index (χ1v) is 10.7. The van der Waals surface area contributed by atoms with Crippen molar-refractivity contribution in [3.63, 3.8) is 0 Å². The monoisotopic (exact) mass is 491 g/mol. The number of rotatable bonds is 6. The Morgan fingerprint density at radius 2 is 2.03 bits per heavy atom. The van der Waals surface area contributed by atoms with Gasteiger partial charge in [-0.25, -0.2) is 14.5 Å². The molecule has 34 heavy (non-hydrogen) atoms. The number of benzene rings is 1. The summed E-state index contributed by atoms with van der Waals surface area (Å²) in [6, 6.07) is 5.97. The van der Waals surface area contributed by atoms with E-state index >= 15 is 0 Å². The quantitative estimate of drug-likeness (QED) is 0.414. The molecule has 13 heteroatoms. The van der Waals surface area contributed by atoms with Crippen LogP contribution in [0.2, 0.25) is 0 Å². The van der Waals surface area contributed by atoms with E-state index in [-0.39, 0.29) is 33.9 Å². The van der Waals surface area contributed by atoms with E-state index in [9.17, 15) is 27.6 Å². The number of thiophene rings is 1. The van der Waals surface area contributed by atoms with Crippen LogP contribution in [-0.4, -0.2) is 37.8 Å². The molecule has 0 saturated carbocycles. The van der Waals surface area contributed by atoms with Crippen LogP contribution in [0.4, 0.5) is 18.2 Å². The third-order valence-electron chi connectivity index (χ3n) is 4.70. The number of hydrogen-bond donors (Lipinski definition) is 1. The number of carbonyl (C=O) groups is 2. The van der Waals surface area contributed by atoms with Crippen LogP contribution in [-0.2, 0) is 22.3 Å². The molecular weight excluding hydrogens is 475 g/mol. The molecule has 0 aliphatic rings. The molecular formula is C21H16F3N5O4S. The first-order valence-electron chi connectivity index (χ1n) is 9.84. The maximum atomic E-state index is 13.0. The Kier molecular flexibility index (Phi) is 6.20. The number of esters is 1. The Hall–Kier alpha value is -4.00. The molecule has 1 amide bonds. The average Bonchev–Trinajstić information content (AvgIpc) is 3.43. The number of amides is 1. The maximum Gasteiger partial charge on any atom is 0.416 e. The fourth-order valence-corrected chi connectivity index (χ4v) is 3.95. The highest BCUT2D eigenvalue weighted by atomic mass is 32.1. The summed E-state index contributed by atoms with van der Waals surface area (Å²) in [5.41, 5.74) is -1.15. The van der Waals surface area contributed by atoms with Gasteiger partial charge >= 0.3 is 12.1 Å². The number of carbonyl (C=O) groups excluding carboxylic acids is 2. The molecule has 176 valence electrons. The third-order valence-corrected chi connectivity index (χ3v) is 5.53. The van der Waals surface area contributed by atoms with Crippen molar-refractivity contribution >= 4 is 39.2 Å². The smallest absolute Gasteiger partial charge is 0.416 e. The third kappa shape index (κ3) is 4.55. The summed E-state index contributed by atoms with van der Waals surface area (Å²) < 4.78 is 46.2. The molecule has 0 spiro atoms. The van der Waals surface area contributed by atoms with Crippen LogP contribution in [0.1, 0.15) is 22.8 Å². The van der Waals surface area contributed by atoms with Crippen molar-refractivity contribution in [2.45, 2.75) is 19.6 Å². The van der Waals surface area contributed by atoms with Crippen LogP contribution in [0.25, 0.3) is 16.7 Å². The predicted molar refractivity (Wildman–Crippen MR) is 117 cm³/mol. The van der Waals surface area contributed by atoms with E-state index in [4.69, 9.17) is 4.74 Å². The summed E-state index contributed by atoms with van der Waals surface area (Å²) >= 11 is 1.12. The molecule has 4 rings (SSSR count). The number of alkyl halides is 3. The summed E-state index contributed by atoms with van der Waals surface area (Å²) in [5.74, 6) is -1.16. The lowest BCUT2D eigenvalue weighted by atomic mass is 10.2. The normalized spacial score (nSPS) is 11.5. The Morgan fingerprint density at radius 3 is 2.76 bits per heavy atom. The second-order valence-electron chi connectivity index (χ2n) is 6.95. The Morgan fingerprint density at radius 1 is 1.24 bits per heavy atom. The Labute approximate surface area is 193 Å². The number of fused-ring (bicyclic) bond motifs is 1. The number of nitrogens with zero attached hydrogens (tertiary/aromatic N) is 4. The van der Waals surface area contributed by atoms with Crippen molar-refractivity contribution in [3.8, 4) is 5.69 Å². The molecule has 0 atom stereocenters. The van der Waals surface area contributed by atoms with Gasteiger partial charge in [0.05, 0.1) is 29.6 Å². The zero-order chi connectivity index (χ0) is 24.5. The number of anilines is 1. The zero-order valence-electron chi connectivity index (χ0n) is 17.5. The van der Waals surface area contributed by atoms with Crippen LogP contribution in [0.3, 0.4) is 0 Å². The van der Waals surface area contributed by atoms with E-state index in [1.54, 1.807) is 12.3 Å². The fourth-order valence-electron chi connectivity index (χ4n) is 3.16. The summed E-state index contributed by atoms with van der Waals surface area (Å²) in [6.07, 6.45) is -2.25. The van der Waals surface area contributed by atoms with Gasteiger partial charge in [0.1, 0.15) is 23.3 Å². The van der Waals surface area contributed by atoms with Crippen LogP contribution in [0.5, 0.6) is 0 Å². The Balaban J connectivity index is 1.58. The molecule has 0 unspecified atom stereocenters. The van der Waals surface area contributed by atoms with Gasteiger partial charge in [0.2, 0.25) is 5.91 Å². The Bertz CT molecular complexity index is 1440. The van der Waals surface area contributed by atoms with E-state index in [1.807, 2.05) is 0 Å². The molecule has 0 bridgehead atoms. The minimum absolute atomic E-state index is 0.0241. The molecule has 0 aliphatic carbocycles. The lowest BCUT2D eigenvalue weighted by Crippen LogP contribution is -2.28. The van der Waals surface area contributed by atoms with Crippen LogP contribution in [0, 0.1) is 0 Å². The van der Waals surface area contributed by atoms with Crippen LogP contribution in [0.15, 0.2) is 53.0 Å². The van der Waals surface area contributed by atoms with Gasteiger partial charge in [-0.1, -0.05) is 6.07 Å². The number of halogens is 3. The SMILES string of the molecule is CCOC(=O)c1ccsc1NC(=O)Cn1cnc2c(cnn2-c2cccc(C(F)(F)F)c2)c1=O. The summed E-state index contributed by atoms with van der Waals surface area (Å²) in [6.45, 7) is 1.43. The molecule has 1 aromatic carbocycles. The van der Waals surface area contributed by atoms with Gasteiger partial charge in [-0.3, -0.25) is 14.2 Å². The molecule has 4 aromatic rings. The summed E-state index contributed by atoms with van der Waals surface area (Å²) in [5, 5.41) is 8.49. The van der Waals surface area contributed by atoms with Gasteiger partial charge in [-0.05, 0) is 36.6 Å². The standard InChI is InChI=1S/C21H16F3N5O4S/c1-2-33-20(32)14-6-7-34-18(14)27-16(30)10-28-11-25-17-15(19(28)31)9-26-29(17)13-5-3-4-12(8-13)21(22,23)24/h3-9,11H,2,10H2,1H3,(H,27,30). The zero-order valence-corrected chi connectivity index (χ0v) is 18.3. The number of hydrogen-bond acceptors (Lipinski definition) is 7. The minimum atomic E-state index is -4.54. The first-order chi connectivity index (χ1) is 16.2. The van der Waals surface area contributed by atoms with Crippen molar-refractivity contribution < 1.29 is 27.5 Å². The van der Waals surface area contributed by atoms with Gasteiger partial charge in [0.25, 0.3) is 5.56 Å². The van der Waals surface area contributed by atoms with Crippen molar-refractivity contribution in [2.24, 2.45) is 0 Å². The highest BCUT2D eigenvalue weighted by Gasteiger charge is 2.30. The predicted octanol–water partition coefficient (Wildman–Crippen LogP) is 3.48. The molecule has 0 fully saturated rings. The van der Waals surface area contributed by atoms with E-state index in [2.05, 4.69) is 15.4 Å². The van der Waals surface area contributed by atoms with Crippen LogP contribution >= 0.6 is 11.3 Å². The summed E-state index contributed by atoms with van der Waals surface area (Å²) in [7, 11) is 0. The largest absolute Gasteiger partial charge is 0.462 e. The maximum absolute atomic E-state index is 13.0. The van der Waals surface area contributed by atoms with Gasteiger partial charge in [0.15, 0.2) is 5.65 Å². The molecule has 3 aromatic heterocycles. The molecule has 0 radical (unpaired) electrons. The minimum Gasteiger partial charge on any atom is -0.462 e. The number of ether oxygens (including phenoxy) is 1. The molecule has 3 heterocycles. The van der Waals surface area contributed by atoms with E-state index < -0.39 is 35.7 Å². The van der Waals surface area contributed by atoms with E-state index in [1.165, 1.54) is 24.4 Å². The lowest BCUT2D eigenvalue weighted by Gasteiger charge is -2.10. The molecule has 1 N–H and O–H groups in total. The summed E-state index contributed by atoms with van der Waals surface area (Å²) in [4.78, 5) is 41.4. The number of aromatic nitrogens is 4. The van der Waals surface area contributed by atoms with Crippen LogP contribution < -0.4 is 10.9 Å². The fraction of sp³-hybridized carbons (Fsp3) is 0.190. The van der Waals surface area contributed by atoms with E-state index in [0.717, 1.165) is 39.0 Å². The highest BCUT2D eigenvalue weighted by Crippen LogP contribution is 2.30. The molecule has 0 saturated heterocycles. The number of nitrogens with one attached hydrogen (secondary N) is 1. The first kappa shape index (κ1) is 23.2. The van der Waals surface area contributed by atoms with Gasteiger partial charge in [0, 0.05) is 0 Å². The van der Waals surface area contributed by atoms with Crippen molar-refractivity contribution in [1.29, 1.82) is 0 Å². The lowest BCUT2D eigenvalue weighted by molar-refractivity contribution is -0.137. The van der Waals surface area contributed by atoms with Gasteiger partial charge in [-0.2, -0.15) is 18.3 Å². The average molecular weight is 491 g/mol. The topological polar surface area (TPSA) is 108 Å². The van der Waals surface area contributed by atoms with Crippen molar-refractivity contribution in [1.82, 2.24) is 19.3 Å². The molecule has 9 nitrogen and oxygen atoms in total. The molecule has 0 aliphatic heterocycles. The van der Waals surface area contributed by atoms with Gasteiger partial charge in [-0.15, -0.1) is 11.3 Å². The van der Waals surface area contributed by atoms with Crippen molar-refractivity contribution in [2.75, 3.05) is 11.9 Å². The highest BCUT2D eigenvalue weighted by molar-refractivity contribution is 7.14.